The number of ether oxygens (including phenoxy) is 1. The summed E-state index contributed by atoms with van der Waals surface area (Å²) in [5.74, 6) is 2.06. The molecule has 0 saturated carbocycles. The van der Waals surface area contributed by atoms with Crippen LogP contribution in [0.5, 0.6) is 5.75 Å². The van der Waals surface area contributed by atoms with Gasteiger partial charge in [-0.2, -0.15) is 0 Å². The first-order valence-electron chi connectivity index (χ1n) is 11.6. The Morgan fingerprint density at radius 1 is 0.906 bits per heavy atom. The molecule has 0 aromatic heterocycles. The zero-order valence-corrected chi connectivity index (χ0v) is 19.0. The van der Waals surface area contributed by atoms with E-state index in [1.807, 2.05) is 12.1 Å². The fraction of sp³-hybridized carbons (Fsp3) is 0.310. The lowest BCUT2D eigenvalue weighted by atomic mass is 9.84. The van der Waals surface area contributed by atoms with Crippen LogP contribution in [0, 0.1) is 11.8 Å². The highest BCUT2D eigenvalue weighted by Gasteiger charge is 2.27. The molecule has 1 saturated heterocycles. The van der Waals surface area contributed by atoms with Gasteiger partial charge in [0.2, 0.25) is 0 Å². The largest absolute Gasteiger partial charge is 0.497 e. The highest BCUT2D eigenvalue weighted by Crippen LogP contribution is 2.27. The number of rotatable bonds is 9. The summed E-state index contributed by atoms with van der Waals surface area (Å²) in [7, 11) is 1.71. The van der Waals surface area contributed by atoms with Crippen LogP contribution in [0.2, 0.25) is 0 Å². The van der Waals surface area contributed by atoms with E-state index in [9.17, 15) is 0 Å². The van der Waals surface area contributed by atoms with E-state index in [0.29, 0.717) is 11.8 Å². The van der Waals surface area contributed by atoms with Gasteiger partial charge in [-0.3, -0.25) is 4.90 Å². The Hall–Kier alpha value is -3.04. The fourth-order valence-electron chi connectivity index (χ4n) is 4.53. The number of benzene rings is 3. The van der Waals surface area contributed by atoms with Gasteiger partial charge < -0.3 is 10.1 Å². The molecular weight excluding hydrogens is 392 g/mol. The van der Waals surface area contributed by atoms with Gasteiger partial charge in [-0.1, -0.05) is 72.8 Å². The molecule has 1 N–H and O–H groups in total. The average molecular weight is 427 g/mol. The van der Waals surface area contributed by atoms with E-state index in [-0.39, 0.29) is 0 Å². The van der Waals surface area contributed by atoms with Crippen molar-refractivity contribution in [2.75, 3.05) is 32.1 Å². The van der Waals surface area contributed by atoms with E-state index < -0.39 is 0 Å². The van der Waals surface area contributed by atoms with Crippen LogP contribution in [0.15, 0.2) is 97.1 Å². The average Bonchev–Trinajstić information content (AvgIpc) is 2.85. The van der Waals surface area contributed by atoms with Crippen molar-refractivity contribution in [3.63, 3.8) is 0 Å². The molecule has 0 aliphatic carbocycles. The Kier molecular flexibility index (Phi) is 7.99. The van der Waals surface area contributed by atoms with Crippen molar-refractivity contribution >= 4 is 5.69 Å². The summed E-state index contributed by atoms with van der Waals surface area (Å²) in [4.78, 5) is 2.61. The maximum absolute atomic E-state index is 5.29. The first-order chi connectivity index (χ1) is 15.8. The van der Waals surface area contributed by atoms with Gasteiger partial charge >= 0.3 is 0 Å². The number of piperidine rings is 1. The van der Waals surface area contributed by atoms with Crippen LogP contribution in [0.4, 0.5) is 5.69 Å². The molecule has 32 heavy (non-hydrogen) atoms. The summed E-state index contributed by atoms with van der Waals surface area (Å²) in [6.45, 7) is 4.25. The van der Waals surface area contributed by atoms with Gasteiger partial charge in [-0.05, 0) is 66.6 Å². The number of hydrogen-bond donors (Lipinski definition) is 1. The van der Waals surface area contributed by atoms with Gasteiger partial charge in [0, 0.05) is 25.3 Å². The summed E-state index contributed by atoms with van der Waals surface area (Å²) in [6.07, 6.45) is 7.04. The highest BCUT2D eigenvalue weighted by molar-refractivity contribution is 5.46. The summed E-state index contributed by atoms with van der Waals surface area (Å²) in [6, 6.07) is 29.8. The standard InChI is InChI=1S/C29H34N2O/c1-32-29-17-15-28(16-18-29)30-21-27-23-31(22-25-11-6-3-7-12-25)20-19-26(27)14-8-13-24-9-4-2-5-10-24/h2-12,14-18,26-27,30H,13,19-23H2,1H3/b14-8+/t26-,27-/m1/s1. The van der Waals surface area contributed by atoms with Crippen LogP contribution in [-0.4, -0.2) is 31.6 Å². The number of methoxy groups -OCH3 is 1. The molecule has 0 amide bonds. The van der Waals surface area contributed by atoms with Crippen molar-refractivity contribution in [2.45, 2.75) is 19.4 Å². The summed E-state index contributed by atoms with van der Waals surface area (Å²) >= 11 is 0. The number of hydrogen-bond acceptors (Lipinski definition) is 3. The molecule has 0 bridgehead atoms. The predicted molar refractivity (Wildman–Crippen MR) is 134 cm³/mol. The van der Waals surface area contributed by atoms with Gasteiger partial charge in [-0.15, -0.1) is 0 Å². The van der Waals surface area contributed by atoms with Crippen LogP contribution in [-0.2, 0) is 13.0 Å². The van der Waals surface area contributed by atoms with E-state index in [1.165, 1.54) is 17.5 Å². The Labute approximate surface area is 192 Å². The normalized spacial score (nSPS) is 19.2. The van der Waals surface area contributed by atoms with Gasteiger partial charge in [-0.25, -0.2) is 0 Å². The number of anilines is 1. The number of likely N-dealkylation sites (tertiary alicyclic amines) is 1. The topological polar surface area (TPSA) is 24.5 Å². The zero-order valence-electron chi connectivity index (χ0n) is 19.0. The SMILES string of the molecule is COc1ccc(NC[C@@H]2CN(Cc3ccccc3)CC[C@H]2/C=C/Cc2ccccc2)cc1. The van der Waals surface area contributed by atoms with Gasteiger partial charge in [0.25, 0.3) is 0 Å². The second-order valence-corrected chi connectivity index (χ2v) is 8.66. The summed E-state index contributed by atoms with van der Waals surface area (Å²) in [5.41, 5.74) is 3.92. The van der Waals surface area contributed by atoms with Crippen molar-refractivity contribution in [1.82, 2.24) is 4.90 Å². The molecule has 166 valence electrons. The Bertz CT molecular complexity index is 953. The third kappa shape index (κ3) is 6.48. The number of nitrogens with one attached hydrogen (secondary N) is 1. The van der Waals surface area contributed by atoms with Crippen molar-refractivity contribution in [3.05, 3.63) is 108 Å². The minimum absolute atomic E-state index is 0.571. The molecule has 3 aromatic rings. The maximum Gasteiger partial charge on any atom is 0.119 e. The molecule has 3 nitrogen and oxygen atoms in total. The van der Waals surface area contributed by atoms with Crippen molar-refractivity contribution in [1.29, 1.82) is 0 Å². The molecular formula is C29H34N2O. The fourth-order valence-corrected chi connectivity index (χ4v) is 4.53. The van der Waals surface area contributed by atoms with Gasteiger partial charge in [0.15, 0.2) is 0 Å². The number of allylic oxidation sites excluding steroid dienone is 2. The molecule has 1 aliphatic heterocycles. The smallest absolute Gasteiger partial charge is 0.119 e. The van der Waals surface area contributed by atoms with E-state index in [2.05, 4.69) is 95.2 Å². The van der Waals surface area contributed by atoms with Crippen LogP contribution >= 0.6 is 0 Å². The summed E-state index contributed by atoms with van der Waals surface area (Å²) < 4.78 is 5.29. The lowest BCUT2D eigenvalue weighted by Gasteiger charge is -2.38. The monoisotopic (exact) mass is 426 g/mol. The minimum atomic E-state index is 0.571. The molecule has 1 aliphatic rings. The van der Waals surface area contributed by atoms with Gasteiger partial charge in [0.1, 0.15) is 5.75 Å². The van der Waals surface area contributed by atoms with Crippen LogP contribution in [0.1, 0.15) is 17.5 Å². The highest BCUT2D eigenvalue weighted by atomic mass is 16.5. The van der Waals surface area contributed by atoms with E-state index in [4.69, 9.17) is 4.74 Å². The van der Waals surface area contributed by atoms with E-state index in [1.54, 1.807) is 7.11 Å². The molecule has 0 unspecified atom stereocenters. The molecule has 4 rings (SSSR count). The first-order valence-corrected chi connectivity index (χ1v) is 11.6. The minimum Gasteiger partial charge on any atom is -0.497 e. The molecule has 3 heteroatoms. The molecule has 2 atom stereocenters. The maximum atomic E-state index is 5.29. The van der Waals surface area contributed by atoms with Crippen LogP contribution in [0.3, 0.4) is 0 Å². The van der Waals surface area contributed by atoms with Crippen molar-refractivity contribution in [3.8, 4) is 5.75 Å². The van der Waals surface area contributed by atoms with Crippen molar-refractivity contribution < 1.29 is 4.74 Å². The first kappa shape index (κ1) is 22.2. The summed E-state index contributed by atoms with van der Waals surface area (Å²) in [5, 5.41) is 3.67. The third-order valence-electron chi connectivity index (χ3n) is 6.36. The third-order valence-corrected chi connectivity index (χ3v) is 6.36. The van der Waals surface area contributed by atoms with Crippen molar-refractivity contribution in [2.24, 2.45) is 11.8 Å². The van der Waals surface area contributed by atoms with Crippen LogP contribution < -0.4 is 10.1 Å². The number of nitrogens with zero attached hydrogens (tertiary/aromatic N) is 1. The quantitative estimate of drug-likeness (QED) is 0.422. The molecule has 0 spiro atoms. The lowest BCUT2D eigenvalue weighted by Crippen LogP contribution is -2.42. The van der Waals surface area contributed by atoms with Crippen LogP contribution in [0.25, 0.3) is 0 Å². The van der Waals surface area contributed by atoms with Gasteiger partial charge in [0.05, 0.1) is 7.11 Å². The molecule has 1 heterocycles. The second-order valence-electron chi connectivity index (χ2n) is 8.66. The van der Waals surface area contributed by atoms with E-state index >= 15 is 0 Å². The Balaban J connectivity index is 1.40. The zero-order chi connectivity index (χ0) is 22.0. The molecule has 1 fully saturated rings. The molecule has 0 radical (unpaired) electrons. The Morgan fingerprint density at radius 3 is 2.28 bits per heavy atom. The van der Waals surface area contributed by atoms with E-state index in [0.717, 1.165) is 44.0 Å². The Morgan fingerprint density at radius 2 is 1.59 bits per heavy atom. The lowest BCUT2D eigenvalue weighted by molar-refractivity contribution is 0.141. The second kappa shape index (κ2) is 11.5. The molecule has 3 aromatic carbocycles. The predicted octanol–water partition coefficient (Wildman–Crippen LogP) is 6.04.